The molecular formula is C16H18O6Se. The van der Waals surface area contributed by atoms with E-state index >= 15 is 0 Å². The van der Waals surface area contributed by atoms with Gasteiger partial charge in [-0.3, -0.25) is 0 Å². The summed E-state index contributed by atoms with van der Waals surface area (Å²) in [6.45, 7) is 3.60. The molecule has 0 spiro atoms. The Morgan fingerprint density at radius 3 is 1.96 bits per heavy atom. The van der Waals surface area contributed by atoms with Gasteiger partial charge in [0.25, 0.3) is 0 Å². The summed E-state index contributed by atoms with van der Waals surface area (Å²) < 4.78 is 13.5. The topological polar surface area (TPSA) is 78.9 Å². The van der Waals surface area contributed by atoms with Crippen LogP contribution in [0.3, 0.4) is 0 Å². The predicted octanol–water partition coefficient (Wildman–Crippen LogP) is 0.883. The van der Waals surface area contributed by atoms with E-state index in [0.29, 0.717) is 5.56 Å². The minimum atomic E-state index is -1.44. The second kappa shape index (κ2) is 8.50. The molecule has 0 radical (unpaired) electrons. The van der Waals surface area contributed by atoms with Gasteiger partial charge in [0, 0.05) is 0 Å². The number of rotatable bonds is 7. The van der Waals surface area contributed by atoms with Crippen molar-refractivity contribution in [2.24, 2.45) is 0 Å². The average Bonchev–Trinajstić information content (AvgIpc) is 2.59. The van der Waals surface area contributed by atoms with Gasteiger partial charge in [0.15, 0.2) is 0 Å². The van der Waals surface area contributed by atoms with Crippen molar-refractivity contribution >= 4 is 37.3 Å². The first-order chi connectivity index (χ1) is 10.9. The van der Waals surface area contributed by atoms with Gasteiger partial charge in [0.05, 0.1) is 0 Å². The Morgan fingerprint density at radius 2 is 1.57 bits per heavy atom. The number of ether oxygens (including phenoxy) is 3. The maximum absolute atomic E-state index is 12.2. The molecular weight excluding hydrogens is 367 g/mol. The Labute approximate surface area is 140 Å². The van der Waals surface area contributed by atoms with Crippen molar-refractivity contribution in [2.75, 3.05) is 21.3 Å². The number of carbonyl (C=O) groups excluding carboxylic acids is 3. The second-order valence-corrected chi connectivity index (χ2v) is 7.30. The summed E-state index contributed by atoms with van der Waals surface area (Å²) in [7, 11) is 3.74. The van der Waals surface area contributed by atoms with Gasteiger partial charge >= 0.3 is 140 Å². The van der Waals surface area contributed by atoms with Crippen LogP contribution < -0.4 is 4.46 Å². The fourth-order valence-corrected chi connectivity index (χ4v) is 4.42. The molecule has 0 bridgehead atoms. The summed E-state index contributed by atoms with van der Waals surface area (Å²) in [5.74, 6) is -1.79. The van der Waals surface area contributed by atoms with Crippen LogP contribution in [-0.2, 0) is 23.8 Å². The number of hydrogen-bond donors (Lipinski definition) is 0. The standard InChI is InChI=1S/C16H18O6Se/c1-5-10-16(14(18)21-3,15(19)22-4)23-12-8-6-11(7-9-12)13(17)20-2/h5-9H,1,10H2,2-4H3. The van der Waals surface area contributed by atoms with E-state index in [9.17, 15) is 14.4 Å². The van der Waals surface area contributed by atoms with Gasteiger partial charge in [-0.05, 0) is 0 Å². The number of carbonyl (C=O) groups is 3. The molecule has 124 valence electrons. The molecule has 1 aromatic rings. The van der Waals surface area contributed by atoms with Crippen LogP contribution in [0.15, 0.2) is 36.9 Å². The minimum absolute atomic E-state index is 0.102. The van der Waals surface area contributed by atoms with E-state index in [1.54, 1.807) is 24.3 Å². The van der Waals surface area contributed by atoms with Crippen molar-refractivity contribution in [3.63, 3.8) is 0 Å². The molecule has 0 aromatic heterocycles. The van der Waals surface area contributed by atoms with Gasteiger partial charge in [-0.2, -0.15) is 0 Å². The summed E-state index contributed by atoms with van der Waals surface area (Å²) in [6, 6.07) is 6.51. The molecule has 0 saturated heterocycles. The Morgan fingerprint density at radius 1 is 1.04 bits per heavy atom. The summed E-state index contributed by atoms with van der Waals surface area (Å²) in [6.07, 6.45) is 1.59. The third kappa shape index (κ3) is 4.21. The first-order valence-electron chi connectivity index (χ1n) is 6.60. The van der Waals surface area contributed by atoms with Crippen LogP contribution >= 0.6 is 0 Å². The van der Waals surface area contributed by atoms with E-state index in [-0.39, 0.29) is 6.42 Å². The van der Waals surface area contributed by atoms with Crippen LogP contribution in [0.4, 0.5) is 0 Å². The monoisotopic (exact) mass is 386 g/mol. The second-order valence-electron chi connectivity index (χ2n) is 4.42. The summed E-state index contributed by atoms with van der Waals surface area (Å²) in [5.41, 5.74) is 0.387. The zero-order chi connectivity index (χ0) is 17.5. The molecule has 23 heavy (non-hydrogen) atoms. The van der Waals surface area contributed by atoms with Gasteiger partial charge in [-0.25, -0.2) is 0 Å². The number of methoxy groups -OCH3 is 3. The fraction of sp³-hybridized carbons (Fsp3) is 0.312. The molecule has 0 amide bonds. The molecule has 0 aliphatic carbocycles. The van der Waals surface area contributed by atoms with Crippen molar-refractivity contribution in [3.8, 4) is 0 Å². The fourth-order valence-electron chi connectivity index (χ4n) is 1.89. The van der Waals surface area contributed by atoms with Gasteiger partial charge < -0.3 is 0 Å². The summed E-state index contributed by atoms with van der Waals surface area (Å²) in [5, 5.41) is 0. The predicted molar refractivity (Wildman–Crippen MR) is 84.7 cm³/mol. The Balaban J connectivity index is 3.18. The third-order valence-electron chi connectivity index (χ3n) is 3.03. The Bertz CT molecular complexity index is 577. The molecule has 0 N–H and O–H groups in total. The van der Waals surface area contributed by atoms with Crippen LogP contribution in [0.5, 0.6) is 0 Å². The van der Waals surface area contributed by atoms with Gasteiger partial charge in [-0.15, -0.1) is 0 Å². The van der Waals surface area contributed by atoms with E-state index in [4.69, 9.17) is 9.47 Å². The van der Waals surface area contributed by atoms with Crippen molar-refractivity contribution < 1.29 is 28.6 Å². The van der Waals surface area contributed by atoms with Crippen LogP contribution in [0.1, 0.15) is 16.8 Å². The zero-order valence-electron chi connectivity index (χ0n) is 13.2. The van der Waals surface area contributed by atoms with E-state index < -0.39 is 37.2 Å². The number of allylic oxidation sites excluding steroid dienone is 1. The van der Waals surface area contributed by atoms with Crippen molar-refractivity contribution in [2.45, 2.75) is 10.7 Å². The molecule has 1 rings (SSSR count). The molecule has 0 atom stereocenters. The Hall–Kier alpha value is -2.11. The van der Waals surface area contributed by atoms with Gasteiger partial charge in [0.1, 0.15) is 0 Å². The SMILES string of the molecule is C=CCC([Se]c1ccc(C(=O)OC)cc1)(C(=O)OC)C(=O)OC. The molecule has 6 nitrogen and oxygen atoms in total. The van der Waals surface area contributed by atoms with E-state index in [0.717, 1.165) is 4.46 Å². The molecule has 7 heteroatoms. The van der Waals surface area contributed by atoms with Gasteiger partial charge in [-0.1, -0.05) is 0 Å². The van der Waals surface area contributed by atoms with Crippen LogP contribution in [-0.4, -0.2) is 54.2 Å². The zero-order valence-corrected chi connectivity index (χ0v) is 14.9. The van der Waals surface area contributed by atoms with Crippen molar-refractivity contribution in [1.82, 2.24) is 0 Å². The molecule has 0 heterocycles. The maximum atomic E-state index is 12.2. The summed E-state index contributed by atoms with van der Waals surface area (Å²) >= 11 is -0.615. The normalized spacial score (nSPS) is 10.6. The van der Waals surface area contributed by atoms with E-state index in [1.807, 2.05) is 0 Å². The Kier molecular flexibility index (Phi) is 7.00. The molecule has 0 unspecified atom stereocenters. The van der Waals surface area contributed by atoms with Crippen LogP contribution in [0, 0.1) is 0 Å². The molecule has 1 aromatic carbocycles. The first kappa shape index (κ1) is 18.9. The van der Waals surface area contributed by atoms with E-state index in [1.165, 1.54) is 27.4 Å². The van der Waals surface area contributed by atoms with E-state index in [2.05, 4.69) is 11.3 Å². The molecule has 0 fully saturated rings. The third-order valence-corrected chi connectivity index (χ3v) is 5.88. The number of esters is 3. The van der Waals surface area contributed by atoms with Crippen molar-refractivity contribution in [3.05, 3.63) is 42.5 Å². The van der Waals surface area contributed by atoms with Crippen LogP contribution in [0.2, 0.25) is 4.31 Å². The van der Waals surface area contributed by atoms with Crippen molar-refractivity contribution in [1.29, 1.82) is 0 Å². The summed E-state index contributed by atoms with van der Waals surface area (Å²) in [4.78, 5) is 35.9. The number of hydrogen-bond acceptors (Lipinski definition) is 6. The average molecular weight is 385 g/mol. The molecule has 0 aliphatic heterocycles. The van der Waals surface area contributed by atoms with Gasteiger partial charge in [0.2, 0.25) is 0 Å². The molecule has 0 saturated carbocycles. The van der Waals surface area contributed by atoms with Crippen LogP contribution in [0.25, 0.3) is 0 Å². The quantitative estimate of drug-likeness (QED) is 0.228. The molecule has 0 aliphatic rings. The first-order valence-corrected chi connectivity index (χ1v) is 8.31. The number of benzene rings is 1.